The van der Waals surface area contributed by atoms with Gasteiger partial charge in [0.05, 0.1) is 16.4 Å². The summed E-state index contributed by atoms with van der Waals surface area (Å²) in [5, 5.41) is 5.35. The molecule has 4 heteroatoms. The number of unbranched alkanes of at least 4 members (excludes halogenated alkanes) is 1. The highest BCUT2D eigenvalue weighted by atomic mass is 35.5. The summed E-state index contributed by atoms with van der Waals surface area (Å²) < 4.78 is 1.94. The monoisotopic (exact) mass is 285 g/mol. The molecule has 0 radical (unpaired) electrons. The molecule has 0 aliphatic rings. The van der Waals surface area contributed by atoms with E-state index in [9.17, 15) is 0 Å². The molecule has 0 bridgehead atoms. The number of aromatic nitrogens is 2. The van der Waals surface area contributed by atoms with Crippen molar-refractivity contribution in [3.05, 3.63) is 16.4 Å². The number of nitrogens with zero attached hydrogens (tertiary/aromatic N) is 2. The van der Waals surface area contributed by atoms with Crippen molar-refractivity contribution in [2.45, 2.75) is 59.3 Å². The van der Waals surface area contributed by atoms with E-state index in [1.54, 1.807) is 0 Å². The Morgan fingerprint density at radius 3 is 2.42 bits per heavy atom. The molecule has 2 N–H and O–H groups in total. The zero-order chi connectivity index (χ0) is 14.5. The van der Waals surface area contributed by atoms with Crippen molar-refractivity contribution in [1.82, 2.24) is 9.78 Å². The fourth-order valence-electron chi connectivity index (χ4n) is 2.63. The van der Waals surface area contributed by atoms with Crippen LogP contribution in [0.1, 0.15) is 57.8 Å². The zero-order valence-electron chi connectivity index (χ0n) is 12.8. The maximum Gasteiger partial charge on any atom is 0.0849 e. The van der Waals surface area contributed by atoms with Gasteiger partial charge >= 0.3 is 0 Å². The van der Waals surface area contributed by atoms with Crippen molar-refractivity contribution in [2.24, 2.45) is 18.2 Å². The normalized spacial score (nSPS) is 14.6. The Kier molecular flexibility index (Phi) is 6.34. The van der Waals surface area contributed by atoms with Gasteiger partial charge in [-0.2, -0.15) is 5.10 Å². The maximum atomic E-state index is 6.46. The van der Waals surface area contributed by atoms with Crippen LogP contribution in [0.25, 0.3) is 0 Å². The Morgan fingerprint density at radius 2 is 2.00 bits per heavy atom. The van der Waals surface area contributed by atoms with Gasteiger partial charge in [0.25, 0.3) is 0 Å². The summed E-state index contributed by atoms with van der Waals surface area (Å²) >= 11 is 6.46. The fourth-order valence-corrected chi connectivity index (χ4v) is 2.99. The molecule has 0 aromatic carbocycles. The van der Waals surface area contributed by atoms with E-state index in [4.69, 9.17) is 17.3 Å². The van der Waals surface area contributed by atoms with Crippen LogP contribution in [0.2, 0.25) is 5.02 Å². The van der Waals surface area contributed by atoms with Gasteiger partial charge in [-0.3, -0.25) is 4.68 Å². The molecule has 0 spiro atoms. The van der Waals surface area contributed by atoms with E-state index in [-0.39, 0.29) is 5.41 Å². The molecule has 1 rings (SSSR count). The Hall–Kier alpha value is -0.540. The minimum atomic E-state index is 0.165. The number of hydrogen-bond donors (Lipinski definition) is 1. The molecule has 1 heterocycles. The standard InChI is InChI=1S/C15H28ClN3/c1-5-8-9-15(7-3,11-17)10-13-14(16)12(6-2)18-19(13)4/h5-11,17H2,1-4H3. The number of aryl methyl sites for hydroxylation is 2. The van der Waals surface area contributed by atoms with Gasteiger partial charge in [-0.05, 0) is 37.6 Å². The Labute approximate surface area is 122 Å². The van der Waals surface area contributed by atoms with E-state index in [0.717, 1.165) is 35.7 Å². The Morgan fingerprint density at radius 1 is 1.32 bits per heavy atom. The lowest BCUT2D eigenvalue weighted by molar-refractivity contribution is 0.246. The van der Waals surface area contributed by atoms with Crippen molar-refractivity contribution in [2.75, 3.05) is 6.54 Å². The summed E-state index contributed by atoms with van der Waals surface area (Å²) in [6.45, 7) is 7.26. The Bertz CT molecular complexity index is 394. The molecule has 0 saturated carbocycles. The summed E-state index contributed by atoms with van der Waals surface area (Å²) in [6, 6.07) is 0. The maximum absolute atomic E-state index is 6.46. The highest BCUT2D eigenvalue weighted by molar-refractivity contribution is 6.31. The second-order valence-electron chi connectivity index (χ2n) is 5.52. The van der Waals surface area contributed by atoms with Gasteiger partial charge in [0.15, 0.2) is 0 Å². The molecule has 1 unspecified atom stereocenters. The van der Waals surface area contributed by atoms with Crippen LogP contribution in [-0.2, 0) is 19.9 Å². The number of hydrogen-bond acceptors (Lipinski definition) is 2. The van der Waals surface area contributed by atoms with Crippen molar-refractivity contribution >= 4 is 11.6 Å². The van der Waals surface area contributed by atoms with Gasteiger partial charge in [0.2, 0.25) is 0 Å². The van der Waals surface area contributed by atoms with Crippen molar-refractivity contribution in [1.29, 1.82) is 0 Å². The van der Waals surface area contributed by atoms with Crippen molar-refractivity contribution < 1.29 is 0 Å². The molecule has 0 aliphatic heterocycles. The summed E-state index contributed by atoms with van der Waals surface area (Å²) in [5.41, 5.74) is 8.38. The summed E-state index contributed by atoms with van der Waals surface area (Å²) in [5.74, 6) is 0. The van der Waals surface area contributed by atoms with Gasteiger partial charge in [0, 0.05) is 7.05 Å². The van der Waals surface area contributed by atoms with E-state index in [1.165, 1.54) is 19.3 Å². The van der Waals surface area contributed by atoms with Gasteiger partial charge in [-0.25, -0.2) is 0 Å². The molecule has 1 atom stereocenters. The fraction of sp³-hybridized carbons (Fsp3) is 0.800. The van der Waals surface area contributed by atoms with Crippen LogP contribution in [0.3, 0.4) is 0 Å². The minimum absolute atomic E-state index is 0.165. The van der Waals surface area contributed by atoms with E-state index < -0.39 is 0 Å². The third kappa shape index (κ3) is 3.73. The molecular formula is C15H28ClN3. The molecule has 0 aliphatic carbocycles. The molecule has 0 fully saturated rings. The molecule has 110 valence electrons. The lowest BCUT2D eigenvalue weighted by Crippen LogP contribution is -2.33. The van der Waals surface area contributed by atoms with Crippen LogP contribution in [0, 0.1) is 5.41 Å². The average molecular weight is 286 g/mol. The topological polar surface area (TPSA) is 43.8 Å². The summed E-state index contributed by atoms with van der Waals surface area (Å²) in [6.07, 6.45) is 6.50. The Balaban J connectivity index is 2.99. The molecule has 1 aromatic rings. The smallest absolute Gasteiger partial charge is 0.0849 e. The van der Waals surface area contributed by atoms with Crippen molar-refractivity contribution in [3.8, 4) is 0 Å². The number of halogens is 1. The van der Waals surface area contributed by atoms with Gasteiger partial charge < -0.3 is 5.73 Å². The number of rotatable bonds is 8. The van der Waals surface area contributed by atoms with E-state index in [0.29, 0.717) is 6.54 Å². The highest BCUT2D eigenvalue weighted by Gasteiger charge is 2.29. The molecule has 0 amide bonds. The first-order valence-electron chi connectivity index (χ1n) is 7.43. The lowest BCUT2D eigenvalue weighted by atomic mass is 9.76. The molecule has 1 aromatic heterocycles. The largest absolute Gasteiger partial charge is 0.330 e. The molecular weight excluding hydrogens is 258 g/mol. The third-order valence-electron chi connectivity index (χ3n) is 4.29. The van der Waals surface area contributed by atoms with Crippen LogP contribution in [0.15, 0.2) is 0 Å². The SMILES string of the molecule is CCCCC(CC)(CN)Cc1c(Cl)c(CC)nn1C. The highest BCUT2D eigenvalue weighted by Crippen LogP contribution is 2.35. The lowest BCUT2D eigenvalue weighted by Gasteiger charge is -2.31. The molecule has 3 nitrogen and oxygen atoms in total. The van der Waals surface area contributed by atoms with Crippen molar-refractivity contribution in [3.63, 3.8) is 0 Å². The van der Waals surface area contributed by atoms with E-state index in [1.807, 2.05) is 11.7 Å². The van der Waals surface area contributed by atoms with E-state index >= 15 is 0 Å². The number of nitrogens with two attached hydrogens (primary N) is 1. The minimum Gasteiger partial charge on any atom is -0.330 e. The summed E-state index contributed by atoms with van der Waals surface area (Å²) in [7, 11) is 1.98. The first-order valence-corrected chi connectivity index (χ1v) is 7.81. The first-order chi connectivity index (χ1) is 9.03. The van der Waals surface area contributed by atoms with Crippen LogP contribution in [0.5, 0.6) is 0 Å². The predicted octanol–water partition coefficient (Wildman–Crippen LogP) is 3.72. The zero-order valence-corrected chi connectivity index (χ0v) is 13.6. The quantitative estimate of drug-likeness (QED) is 0.791. The van der Waals surface area contributed by atoms with Gasteiger partial charge in [0.1, 0.15) is 0 Å². The van der Waals surface area contributed by atoms with Crippen LogP contribution in [0.4, 0.5) is 0 Å². The van der Waals surface area contributed by atoms with Crippen LogP contribution < -0.4 is 5.73 Å². The second kappa shape index (κ2) is 7.30. The van der Waals surface area contributed by atoms with Gasteiger partial charge in [-0.1, -0.05) is 45.2 Å². The van der Waals surface area contributed by atoms with Crippen LogP contribution in [-0.4, -0.2) is 16.3 Å². The van der Waals surface area contributed by atoms with Crippen LogP contribution >= 0.6 is 11.6 Å². The average Bonchev–Trinajstić information content (AvgIpc) is 2.70. The summed E-state index contributed by atoms with van der Waals surface area (Å²) in [4.78, 5) is 0. The second-order valence-corrected chi connectivity index (χ2v) is 5.90. The van der Waals surface area contributed by atoms with Gasteiger partial charge in [-0.15, -0.1) is 0 Å². The van der Waals surface area contributed by atoms with E-state index in [2.05, 4.69) is 25.9 Å². The first kappa shape index (κ1) is 16.5. The molecule has 0 saturated heterocycles. The predicted molar refractivity (Wildman–Crippen MR) is 82.6 cm³/mol. The molecule has 19 heavy (non-hydrogen) atoms. The third-order valence-corrected chi connectivity index (χ3v) is 4.73.